The zero-order chi connectivity index (χ0) is 13.8. The SMILES string of the molecule is CNCc1c(C)cc(C)nc1Oc1ccc(Cl)cc1. The molecule has 0 aliphatic carbocycles. The minimum atomic E-state index is 0.647. The number of hydrogen-bond acceptors (Lipinski definition) is 3. The van der Waals surface area contributed by atoms with E-state index < -0.39 is 0 Å². The lowest BCUT2D eigenvalue weighted by Gasteiger charge is -2.13. The first-order valence-corrected chi connectivity index (χ1v) is 6.53. The van der Waals surface area contributed by atoms with Gasteiger partial charge in [-0.3, -0.25) is 0 Å². The molecule has 4 heteroatoms. The van der Waals surface area contributed by atoms with Crippen LogP contribution >= 0.6 is 11.6 Å². The number of nitrogens with zero attached hydrogens (tertiary/aromatic N) is 1. The summed E-state index contributed by atoms with van der Waals surface area (Å²) in [6, 6.07) is 9.34. The maximum atomic E-state index is 5.87. The van der Waals surface area contributed by atoms with Crippen LogP contribution in [0.3, 0.4) is 0 Å². The molecule has 1 aromatic heterocycles. The Balaban J connectivity index is 2.35. The molecule has 100 valence electrons. The summed E-state index contributed by atoms with van der Waals surface area (Å²) >= 11 is 5.86. The van der Waals surface area contributed by atoms with Crippen LogP contribution in [0.15, 0.2) is 30.3 Å². The summed E-state index contributed by atoms with van der Waals surface area (Å²) in [5, 5.41) is 3.83. The molecule has 0 bridgehead atoms. The van der Waals surface area contributed by atoms with Crippen molar-refractivity contribution >= 4 is 11.6 Å². The minimum absolute atomic E-state index is 0.647. The van der Waals surface area contributed by atoms with E-state index in [0.29, 0.717) is 10.9 Å². The molecule has 2 aromatic rings. The first kappa shape index (κ1) is 13.8. The number of hydrogen-bond donors (Lipinski definition) is 1. The summed E-state index contributed by atoms with van der Waals surface area (Å²) in [6.45, 7) is 4.75. The van der Waals surface area contributed by atoms with Gasteiger partial charge in [0.15, 0.2) is 0 Å². The van der Waals surface area contributed by atoms with Crippen LogP contribution in [0, 0.1) is 13.8 Å². The average molecular weight is 277 g/mol. The molecule has 0 spiro atoms. The molecular formula is C15H17ClN2O. The summed E-state index contributed by atoms with van der Waals surface area (Å²) in [5.74, 6) is 1.38. The molecule has 1 heterocycles. The highest BCUT2D eigenvalue weighted by atomic mass is 35.5. The fourth-order valence-corrected chi connectivity index (χ4v) is 2.05. The zero-order valence-corrected chi connectivity index (χ0v) is 12.1. The number of halogens is 1. The van der Waals surface area contributed by atoms with Crippen LogP contribution in [0.2, 0.25) is 5.02 Å². The third-order valence-electron chi connectivity index (χ3n) is 2.82. The van der Waals surface area contributed by atoms with E-state index in [0.717, 1.165) is 23.6 Å². The van der Waals surface area contributed by atoms with Gasteiger partial charge in [0.25, 0.3) is 0 Å². The lowest BCUT2D eigenvalue weighted by atomic mass is 10.1. The number of ether oxygens (including phenoxy) is 1. The third kappa shape index (κ3) is 3.46. The van der Waals surface area contributed by atoms with Gasteiger partial charge in [0.2, 0.25) is 5.88 Å². The molecule has 0 atom stereocenters. The van der Waals surface area contributed by atoms with Gasteiger partial charge in [-0.1, -0.05) is 11.6 Å². The van der Waals surface area contributed by atoms with Crippen LogP contribution in [0.25, 0.3) is 0 Å². The van der Waals surface area contributed by atoms with Gasteiger partial charge in [0, 0.05) is 22.8 Å². The van der Waals surface area contributed by atoms with E-state index in [-0.39, 0.29) is 0 Å². The molecule has 2 rings (SSSR count). The first-order chi connectivity index (χ1) is 9.10. The summed E-state index contributed by atoms with van der Waals surface area (Å²) in [7, 11) is 1.91. The second kappa shape index (κ2) is 6.04. The van der Waals surface area contributed by atoms with Gasteiger partial charge in [-0.25, -0.2) is 4.98 Å². The Kier molecular flexibility index (Phi) is 4.40. The molecule has 0 aliphatic heterocycles. The molecule has 0 saturated carbocycles. The summed E-state index contributed by atoms with van der Waals surface area (Å²) in [4.78, 5) is 4.48. The molecule has 0 radical (unpaired) electrons. The molecule has 0 aliphatic rings. The molecule has 0 unspecified atom stereocenters. The van der Waals surface area contributed by atoms with Crippen LogP contribution in [0.4, 0.5) is 0 Å². The van der Waals surface area contributed by atoms with Crippen molar-refractivity contribution in [2.24, 2.45) is 0 Å². The number of pyridine rings is 1. The van der Waals surface area contributed by atoms with E-state index in [1.54, 1.807) is 12.1 Å². The van der Waals surface area contributed by atoms with Crippen molar-refractivity contribution in [2.45, 2.75) is 20.4 Å². The molecule has 1 aromatic carbocycles. The van der Waals surface area contributed by atoms with Gasteiger partial charge in [-0.2, -0.15) is 0 Å². The van der Waals surface area contributed by atoms with Crippen molar-refractivity contribution in [3.05, 3.63) is 52.2 Å². The van der Waals surface area contributed by atoms with Crippen LogP contribution in [0.1, 0.15) is 16.8 Å². The average Bonchev–Trinajstić information content (AvgIpc) is 2.36. The smallest absolute Gasteiger partial charge is 0.224 e. The molecule has 0 fully saturated rings. The van der Waals surface area contributed by atoms with Crippen LogP contribution in [0.5, 0.6) is 11.6 Å². The maximum absolute atomic E-state index is 5.87. The van der Waals surface area contributed by atoms with Crippen LogP contribution in [-0.2, 0) is 6.54 Å². The van der Waals surface area contributed by atoms with Crippen molar-refractivity contribution in [3.63, 3.8) is 0 Å². The van der Waals surface area contributed by atoms with Crippen molar-refractivity contribution in [2.75, 3.05) is 7.05 Å². The quantitative estimate of drug-likeness (QED) is 0.921. The Bertz CT molecular complexity index is 567. The lowest BCUT2D eigenvalue weighted by molar-refractivity contribution is 0.452. The van der Waals surface area contributed by atoms with E-state index in [9.17, 15) is 0 Å². The first-order valence-electron chi connectivity index (χ1n) is 6.15. The summed E-state index contributed by atoms with van der Waals surface area (Å²) in [6.07, 6.45) is 0. The van der Waals surface area contributed by atoms with Crippen molar-refractivity contribution in [1.82, 2.24) is 10.3 Å². The lowest BCUT2D eigenvalue weighted by Crippen LogP contribution is -2.09. The standard InChI is InChI=1S/C15H17ClN2O/c1-10-8-11(2)18-15(14(10)9-17-3)19-13-6-4-12(16)5-7-13/h4-8,17H,9H2,1-3H3. The molecule has 1 N–H and O–H groups in total. The third-order valence-corrected chi connectivity index (χ3v) is 3.07. The van der Waals surface area contributed by atoms with Gasteiger partial charge in [0.05, 0.1) is 0 Å². The van der Waals surface area contributed by atoms with E-state index in [1.165, 1.54) is 5.56 Å². The van der Waals surface area contributed by atoms with E-state index >= 15 is 0 Å². The fraction of sp³-hybridized carbons (Fsp3) is 0.267. The van der Waals surface area contributed by atoms with Crippen molar-refractivity contribution in [1.29, 1.82) is 0 Å². The van der Waals surface area contributed by atoms with Crippen LogP contribution < -0.4 is 10.1 Å². The minimum Gasteiger partial charge on any atom is -0.439 e. The Morgan fingerprint density at radius 2 is 1.89 bits per heavy atom. The number of aromatic nitrogens is 1. The largest absolute Gasteiger partial charge is 0.439 e. The monoisotopic (exact) mass is 276 g/mol. The van der Waals surface area contributed by atoms with Crippen molar-refractivity contribution < 1.29 is 4.74 Å². The summed E-state index contributed by atoms with van der Waals surface area (Å²) < 4.78 is 5.87. The maximum Gasteiger partial charge on any atom is 0.224 e. The highest BCUT2D eigenvalue weighted by Gasteiger charge is 2.10. The van der Waals surface area contributed by atoms with Crippen LogP contribution in [-0.4, -0.2) is 12.0 Å². The number of nitrogens with one attached hydrogen (secondary N) is 1. The number of aryl methyl sites for hydroxylation is 2. The van der Waals surface area contributed by atoms with Gasteiger partial charge < -0.3 is 10.1 Å². The Labute approximate surface area is 118 Å². The van der Waals surface area contributed by atoms with Gasteiger partial charge in [0.1, 0.15) is 5.75 Å². The zero-order valence-electron chi connectivity index (χ0n) is 11.3. The van der Waals surface area contributed by atoms with Gasteiger partial charge in [-0.05, 0) is 56.8 Å². The topological polar surface area (TPSA) is 34.2 Å². The van der Waals surface area contributed by atoms with E-state index in [4.69, 9.17) is 16.3 Å². The molecular weight excluding hydrogens is 260 g/mol. The molecule has 19 heavy (non-hydrogen) atoms. The number of rotatable bonds is 4. The predicted octanol–water partition coefficient (Wildman–Crippen LogP) is 3.86. The second-order valence-corrected chi connectivity index (χ2v) is 4.89. The molecule has 3 nitrogen and oxygen atoms in total. The molecule has 0 amide bonds. The predicted molar refractivity (Wildman–Crippen MR) is 78.0 cm³/mol. The highest BCUT2D eigenvalue weighted by Crippen LogP contribution is 2.27. The summed E-state index contributed by atoms with van der Waals surface area (Å²) in [5.41, 5.74) is 3.19. The Morgan fingerprint density at radius 3 is 2.53 bits per heavy atom. The molecule has 0 saturated heterocycles. The van der Waals surface area contributed by atoms with Gasteiger partial charge >= 0.3 is 0 Å². The Morgan fingerprint density at radius 1 is 1.21 bits per heavy atom. The van der Waals surface area contributed by atoms with E-state index in [1.807, 2.05) is 26.1 Å². The number of benzene rings is 1. The fourth-order valence-electron chi connectivity index (χ4n) is 1.92. The Hall–Kier alpha value is -1.58. The van der Waals surface area contributed by atoms with Gasteiger partial charge in [-0.15, -0.1) is 0 Å². The normalized spacial score (nSPS) is 10.5. The van der Waals surface area contributed by atoms with E-state index in [2.05, 4.69) is 23.3 Å². The second-order valence-electron chi connectivity index (χ2n) is 4.45. The van der Waals surface area contributed by atoms with Crippen molar-refractivity contribution in [3.8, 4) is 11.6 Å². The highest BCUT2D eigenvalue weighted by molar-refractivity contribution is 6.30.